The maximum Gasteiger partial charge on any atom is 0.0923 e. The van der Waals surface area contributed by atoms with E-state index in [-0.39, 0.29) is 1.43 Å². The minimum Gasteiger partial charge on any atom is -0.282 e. The van der Waals surface area contributed by atoms with Crippen LogP contribution in [0.25, 0.3) is 11.3 Å². The molecule has 0 radical (unpaired) electrons. The molecule has 0 aliphatic rings. The first kappa shape index (κ1) is 9.00. The van der Waals surface area contributed by atoms with E-state index in [4.69, 9.17) is 0 Å². The number of rotatable bonds is 2. The molecule has 0 saturated carbocycles. The molecule has 0 aliphatic carbocycles. The van der Waals surface area contributed by atoms with Gasteiger partial charge in [-0.3, -0.25) is 5.10 Å². The van der Waals surface area contributed by atoms with Crippen LogP contribution in [-0.4, -0.2) is 10.2 Å². The van der Waals surface area contributed by atoms with Crippen LogP contribution in [-0.2, 0) is 0 Å². The van der Waals surface area contributed by atoms with Gasteiger partial charge in [-0.2, -0.15) is 5.10 Å². The SMILES string of the molecule is CC(C)c1cc(-c2ccccc2)n[nH]1.[HH]. The van der Waals surface area contributed by atoms with Crippen molar-refractivity contribution in [1.82, 2.24) is 10.2 Å². The van der Waals surface area contributed by atoms with E-state index in [2.05, 4.69) is 42.2 Å². The molecule has 1 N–H and O–H groups in total. The van der Waals surface area contributed by atoms with Crippen molar-refractivity contribution in [1.29, 1.82) is 0 Å². The first-order chi connectivity index (χ1) is 6.77. The summed E-state index contributed by atoms with van der Waals surface area (Å²) in [7, 11) is 0. The van der Waals surface area contributed by atoms with Gasteiger partial charge < -0.3 is 0 Å². The van der Waals surface area contributed by atoms with Crippen LogP contribution in [0.3, 0.4) is 0 Å². The molecular weight excluding hydrogens is 172 g/mol. The van der Waals surface area contributed by atoms with E-state index in [0.29, 0.717) is 5.92 Å². The molecule has 1 aromatic heterocycles. The summed E-state index contributed by atoms with van der Waals surface area (Å²) in [5.74, 6) is 0.500. The van der Waals surface area contributed by atoms with E-state index in [9.17, 15) is 0 Å². The van der Waals surface area contributed by atoms with Gasteiger partial charge in [0, 0.05) is 12.7 Å². The molecule has 14 heavy (non-hydrogen) atoms. The van der Waals surface area contributed by atoms with Crippen molar-refractivity contribution < 1.29 is 1.43 Å². The standard InChI is InChI=1S/C12H14N2.H2/c1-9(2)11-8-12(14-13-11)10-6-4-3-5-7-10;/h3-9H,1-2H3,(H,13,14);1H. The summed E-state index contributed by atoms with van der Waals surface area (Å²) >= 11 is 0. The third kappa shape index (κ3) is 1.69. The minimum atomic E-state index is 0. The molecule has 1 aromatic carbocycles. The second-order valence-corrected chi connectivity index (χ2v) is 3.73. The topological polar surface area (TPSA) is 28.7 Å². The van der Waals surface area contributed by atoms with Crippen molar-refractivity contribution in [3.05, 3.63) is 42.1 Å². The predicted molar refractivity (Wildman–Crippen MR) is 60.2 cm³/mol. The predicted octanol–water partition coefficient (Wildman–Crippen LogP) is 3.45. The Morgan fingerprint density at radius 1 is 1.21 bits per heavy atom. The molecule has 0 spiro atoms. The van der Waals surface area contributed by atoms with Gasteiger partial charge in [-0.05, 0) is 12.0 Å². The Labute approximate surface area is 85.5 Å². The highest BCUT2D eigenvalue weighted by Gasteiger charge is 2.05. The van der Waals surface area contributed by atoms with Crippen molar-refractivity contribution in [3.63, 3.8) is 0 Å². The van der Waals surface area contributed by atoms with Gasteiger partial charge >= 0.3 is 0 Å². The summed E-state index contributed by atoms with van der Waals surface area (Å²) in [6, 6.07) is 12.3. The van der Waals surface area contributed by atoms with Gasteiger partial charge in [0.15, 0.2) is 0 Å². The first-order valence-corrected chi connectivity index (χ1v) is 4.88. The Bertz CT molecular complexity index is 407. The van der Waals surface area contributed by atoms with Gasteiger partial charge in [0.1, 0.15) is 0 Å². The molecule has 2 rings (SSSR count). The van der Waals surface area contributed by atoms with Crippen LogP contribution in [0.2, 0.25) is 0 Å². The molecule has 2 nitrogen and oxygen atoms in total. The fourth-order valence-electron chi connectivity index (χ4n) is 1.39. The lowest BCUT2D eigenvalue weighted by atomic mass is 10.1. The number of nitrogens with zero attached hydrogens (tertiary/aromatic N) is 1. The quantitative estimate of drug-likeness (QED) is 0.768. The minimum absolute atomic E-state index is 0. The lowest BCUT2D eigenvalue weighted by Gasteiger charge is -1.96. The van der Waals surface area contributed by atoms with Crippen LogP contribution in [0, 0.1) is 0 Å². The van der Waals surface area contributed by atoms with Gasteiger partial charge in [-0.25, -0.2) is 0 Å². The van der Waals surface area contributed by atoms with E-state index in [0.717, 1.165) is 11.3 Å². The third-order valence-corrected chi connectivity index (χ3v) is 2.29. The molecule has 0 unspecified atom stereocenters. The highest BCUT2D eigenvalue weighted by atomic mass is 15.1. The van der Waals surface area contributed by atoms with Crippen molar-refractivity contribution in [2.24, 2.45) is 0 Å². The van der Waals surface area contributed by atoms with E-state index < -0.39 is 0 Å². The molecule has 74 valence electrons. The maximum atomic E-state index is 4.28. The van der Waals surface area contributed by atoms with Gasteiger partial charge in [-0.1, -0.05) is 44.2 Å². The van der Waals surface area contributed by atoms with Crippen LogP contribution in [0.5, 0.6) is 0 Å². The normalized spacial score (nSPS) is 10.8. The maximum absolute atomic E-state index is 4.28. The molecule has 0 aliphatic heterocycles. The zero-order valence-electron chi connectivity index (χ0n) is 8.49. The highest BCUT2D eigenvalue weighted by Crippen LogP contribution is 2.20. The summed E-state index contributed by atoms with van der Waals surface area (Å²) in [4.78, 5) is 0. The molecule has 0 fully saturated rings. The number of aromatic nitrogens is 2. The van der Waals surface area contributed by atoms with E-state index in [1.807, 2.05) is 18.2 Å². The average Bonchev–Trinajstić information content (AvgIpc) is 2.68. The van der Waals surface area contributed by atoms with Gasteiger partial charge in [0.25, 0.3) is 0 Å². The second kappa shape index (κ2) is 3.66. The Hall–Kier alpha value is -1.57. The van der Waals surface area contributed by atoms with Crippen molar-refractivity contribution >= 4 is 0 Å². The summed E-state index contributed by atoms with van der Waals surface area (Å²) in [5.41, 5.74) is 3.37. The zero-order chi connectivity index (χ0) is 9.97. The largest absolute Gasteiger partial charge is 0.282 e. The highest BCUT2D eigenvalue weighted by molar-refractivity contribution is 5.58. The van der Waals surface area contributed by atoms with Crippen LogP contribution in [0.15, 0.2) is 36.4 Å². The Kier molecular flexibility index (Phi) is 2.35. The van der Waals surface area contributed by atoms with Crippen LogP contribution >= 0.6 is 0 Å². The third-order valence-electron chi connectivity index (χ3n) is 2.29. The fraction of sp³-hybridized carbons (Fsp3) is 0.250. The Balaban J connectivity index is 0.00000112. The van der Waals surface area contributed by atoms with E-state index >= 15 is 0 Å². The number of benzene rings is 1. The summed E-state index contributed by atoms with van der Waals surface area (Å²) in [5, 5.41) is 7.34. The van der Waals surface area contributed by atoms with Gasteiger partial charge in [-0.15, -0.1) is 0 Å². The van der Waals surface area contributed by atoms with E-state index in [1.165, 1.54) is 5.69 Å². The molecular formula is C12H16N2. The molecule has 0 saturated heterocycles. The summed E-state index contributed by atoms with van der Waals surface area (Å²) in [6.07, 6.45) is 0. The van der Waals surface area contributed by atoms with Gasteiger partial charge in [0.2, 0.25) is 0 Å². The summed E-state index contributed by atoms with van der Waals surface area (Å²) in [6.45, 7) is 4.31. The van der Waals surface area contributed by atoms with Crippen molar-refractivity contribution in [3.8, 4) is 11.3 Å². The van der Waals surface area contributed by atoms with Gasteiger partial charge in [0.05, 0.1) is 5.69 Å². The zero-order valence-corrected chi connectivity index (χ0v) is 8.49. The number of H-pyrrole nitrogens is 1. The first-order valence-electron chi connectivity index (χ1n) is 4.88. The number of hydrogen-bond donors (Lipinski definition) is 1. The average molecular weight is 188 g/mol. The van der Waals surface area contributed by atoms with E-state index in [1.54, 1.807) is 0 Å². The Morgan fingerprint density at radius 2 is 1.93 bits per heavy atom. The van der Waals surface area contributed by atoms with Crippen molar-refractivity contribution in [2.45, 2.75) is 19.8 Å². The number of hydrogen-bond acceptors (Lipinski definition) is 1. The molecule has 0 bridgehead atoms. The fourth-order valence-corrected chi connectivity index (χ4v) is 1.39. The lowest BCUT2D eigenvalue weighted by Crippen LogP contribution is -1.85. The monoisotopic (exact) mass is 188 g/mol. The second-order valence-electron chi connectivity index (χ2n) is 3.73. The van der Waals surface area contributed by atoms with Crippen molar-refractivity contribution in [2.75, 3.05) is 0 Å². The molecule has 0 amide bonds. The number of nitrogens with one attached hydrogen (secondary N) is 1. The molecule has 2 heteroatoms. The summed E-state index contributed by atoms with van der Waals surface area (Å²) < 4.78 is 0. The number of aromatic amines is 1. The molecule has 1 heterocycles. The van der Waals surface area contributed by atoms with Crippen LogP contribution in [0.1, 0.15) is 26.9 Å². The van der Waals surface area contributed by atoms with Crippen LogP contribution < -0.4 is 0 Å². The lowest BCUT2D eigenvalue weighted by molar-refractivity contribution is 0.811. The Morgan fingerprint density at radius 3 is 2.50 bits per heavy atom. The molecule has 2 aromatic rings. The molecule has 0 atom stereocenters. The van der Waals surface area contributed by atoms with Crippen LogP contribution in [0.4, 0.5) is 0 Å². The smallest absolute Gasteiger partial charge is 0.0923 e.